The van der Waals surface area contributed by atoms with Crippen molar-refractivity contribution in [2.45, 2.75) is 24.7 Å². The number of carbonyl (C=O) groups is 1. The fourth-order valence-electron chi connectivity index (χ4n) is 4.06. The summed E-state index contributed by atoms with van der Waals surface area (Å²) < 4.78 is 38.0. The van der Waals surface area contributed by atoms with Crippen molar-refractivity contribution in [3.05, 3.63) is 86.9 Å². The van der Waals surface area contributed by atoms with Gasteiger partial charge in [0.15, 0.2) is 0 Å². The summed E-state index contributed by atoms with van der Waals surface area (Å²) in [6.45, 7) is 0.953. The number of sulfone groups is 1. The molecule has 0 bridgehead atoms. The van der Waals surface area contributed by atoms with E-state index in [1.807, 2.05) is 18.2 Å². The van der Waals surface area contributed by atoms with Crippen molar-refractivity contribution in [3.63, 3.8) is 0 Å². The third-order valence-corrected chi connectivity index (χ3v) is 6.50. The summed E-state index contributed by atoms with van der Waals surface area (Å²) in [5.74, 6) is -1.07. The van der Waals surface area contributed by atoms with Crippen molar-refractivity contribution < 1.29 is 17.6 Å². The molecule has 0 saturated carbocycles. The summed E-state index contributed by atoms with van der Waals surface area (Å²) in [6, 6.07) is 10.5. The van der Waals surface area contributed by atoms with Crippen LogP contribution in [-0.4, -0.2) is 42.0 Å². The Morgan fingerprint density at radius 2 is 2.03 bits per heavy atom. The Bertz CT molecular complexity index is 1500. The van der Waals surface area contributed by atoms with Crippen LogP contribution in [0.25, 0.3) is 6.08 Å². The monoisotopic (exact) mass is 450 g/mol. The van der Waals surface area contributed by atoms with Crippen molar-refractivity contribution in [2.24, 2.45) is 4.99 Å². The summed E-state index contributed by atoms with van der Waals surface area (Å²) in [7, 11) is -3.56. The highest BCUT2D eigenvalue weighted by molar-refractivity contribution is 7.90. The minimum Gasteiger partial charge on any atom is -0.328 e. The van der Waals surface area contributed by atoms with Gasteiger partial charge in [0.2, 0.25) is 15.0 Å². The molecule has 0 fully saturated rings. The lowest BCUT2D eigenvalue weighted by Gasteiger charge is -2.16. The number of amides is 1. The second-order valence-corrected chi connectivity index (χ2v) is 9.85. The van der Waals surface area contributed by atoms with Gasteiger partial charge in [0, 0.05) is 29.8 Å². The van der Waals surface area contributed by atoms with Crippen molar-refractivity contribution >= 4 is 21.8 Å². The van der Waals surface area contributed by atoms with E-state index < -0.39 is 21.6 Å². The van der Waals surface area contributed by atoms with E-state index in [0.29, 0.717) is 24.2 Å². The van der Waals surface area contributed by atoms with E-state index in [-0.39, 0.29) is 23.8 Å². The van der Waals surface area contributed by atoms with E-state index in [9.17, 15) is 17.6 Å². The van der Waals surface area contributed by atoms with Crippen LogP contribution in [0.3, 0.4) is 0 Å². The van der Waals surface area contributed by atoms with Crippen molar-refractivity contribution in [3.8, 4) is 0 Å². The maximum absolute atomic E-state index is 14.6. The predicted octanol–water partition coefficient (Wildman–Crippen LogP) is 1.18. The molecule has 7 nitrogen and oxygen atoms in total. The van der Waals surface area contributed by atoms with Crippen LogP contribution in [0.4, 0.5) is 4.39 Å². The minimum atomic E-state index is -3.56. The maximum Gasteiger partial charge on any atom is 0.257 e. The topological polar surface area (TPSA) is 92.6 Å². The zero-order valence-electron chi connectivity index (χ0n) is 17.2. The van der Waals surface area contributed by atoms with Crippen LogP contribution >= 0.6 is 0 Å². The fraction of sp³-hybridized carbons (Fsp3) is 0.217. The van der Waals surface area contributed by atoms with E-state index in [0.717, 1.165) is 28.0 Å². The molecule has 3 aromatic rings. The van der Waals surface area contributed by atoms with E-state index in [2.05, 4.69) is 21.0 Å². The van der Waals surface area contributed by atoms with Crippen LogP contribution in [0, 0.1) is 5.82 Å². The number of carbonyl (C=O) groups excluding carboxylic acids is 1. The molecule has 32 heavy (non-hydrogen) atoms. The fourth-order valence-corrected chi connectivity index (χ4v) is 4.58. The summed E-state index contributed by atoms with van der Waals surface area (Å²) in [4.78, 5) is 26.9. The standard InChI is InChI=1S/C23H19FN4O3S/c1-32(30,31)23-26-11-16-12-28(13-21(16)27-23)22(29)18-10-14(5-6-19(18)24)9-15-3-2-4-20-17(15)7-8-25-20/h2-7,10-11H,8-9,12-13H2,1H3. The molecule has 3 heterocycles. The largest absolute Gasteiger partial charge is 0.328 e. The number of hydrogen-bond donors (Lipinski definition) is 0. The van der Waals surface area contributed by atoms with Crippen LogP contribution in [0.1, 0.15) is 32.7 Å². The number of aromatic nitrogens is 2. The Kier molecular flexibility index (Phi) is 4.85. The van der Waals surface area contributed by atoms with E-state index in [1.54, 1.807) is 12.1 Å². The highest BCUT2D eigenvalue weighted by atomic mass is 32.2. The van der Waals surface area contributed by atoms with Crippen LogP contribution in [0.15, 0.2) is 52.7 Å². The molecule has 162 valence electrons. The summed E-state index contributed by atoms with van der Waals surface area (Å²) in [5.41, 5.74) is 2.99. The molecule has 0 aliphatic carbocycles. The molecule has 0 N–H and O–H groups in total. The first kappa shape index (κ1) is 20.4. The number of nitrogens with zero attached hydrogens (tertiary/aromatic N) is 4. The average molecular weight is 450 g/mol. The van der Waals surface area contributed by atoms with Crippen LogP contribution in [0.5, 0.6) is 0 Å². The first-order valence-corrected chi connectivity index (χ1v) is 11.9. The highest BCUT2D eigenvalue weighted by Crippen LogP contribution is 2.24. The van der Waals surface area contributed by atoms with Gasteiger partial charge in [0.25, 0.3) is 5.91 Å². The molecule has 2 aromatic carbocycles. The van der Waals surface area contributed by atoms with Crippen LogP contribution in [-0.2, 0) is 29.3 Å². The molecule has 0 atom stereocenters. The zero-order valence-corrected chi connectivity index (χ0v) is 18.1. The molecule has 9 heteroatoms. The molecule has 0 radical (unpaired) electrons. The Morgan fingerprint density at radius 1 is 1.19 bits per heavy atom. The lowest BCUT2D eigenvalue weighted by atomic mass is 10.00. The number of fused-ring (bicyclic) bond motifs is 2. The molecule has 0 spiro atoms. The van der Waals surface area contributed by atoms with Gasteiger partial charge in [-0.1, -0.05) is 24.3 Å². The first-order chi connectivity index (χ1) is 15.3. The second kappa shape index (κ2) is 7.59. The SMILES string of the molecule is CS(=O)(=O)c1ncc2c(n1)CN(C(=O)c1cc(Cc3cccc4c3=CCN=4)ccc1F)C2. The third-order valence-electron chi connectivity index (χ3n) is 5.64. The molecule has 0 saturated heterocycles. The van der Waals surface area contributed by atoms with E-state index in [1.165, 1.54) is 17.2 Å². The lowest BCUT2D eigenvalue weighted by Crippen LogP contribution is -2.27. The Hall–Kier alpha value is -3.46. The van der Waals surface area contributed by atoms with Gasteiger partial charge in [-0.3, -0.25) is 9.79 Å². The quantitative estimate of drug-likeness (QED) is 0.557. The van der Waals surface area contributed by atoms with E-state index >= 15 is 0 Å². The predicted molar refractivity (Wildman–Crippen MR) is 114 cm³/mol. The van der Waals surface area contributed by atoms with E-state index in [4.69, 9.17) is 0 Å². The molecule has 2 aliphatic rings. The number of hydrogen-bond acceptors (Lipinski definition) is 6. The zero-order chi connectivity index (χ0) is 22.5. The average Bonchev–Trinajstić information content (AvgIpc) is 3.41. The molecule has 2 aliphatic heterocycles. The van der Waals surface area contributed by atoms with Crippen molar-refractivity contribution in [1.29, 1.82) is 0 Å². The van der Waals surface area contributed by atoms with Gasteiger partial charge in [-0.15, -0.1) is 0 Å². The molecule has 5 rings (SSSR count). The first-order valence-electron chi connectivity index (χ1n) is 10.0. The normalized spacial score (nSPS) is 14.5. The number of halogens is 1. The van der Waals surface area contributed by atoms with Crippen molar-refractivity contribution in [2.75, 3.05) is 12.8 Å². The molecule has 0 unspecified atom stereocenters. The minimum absolute atomic E-state index is 0.0205. The van der Waals surface area contributed by atoms with Crippen LogP contribution < -0.4 is 10.6 Å². The van der Waals surface area contributed by atoms with Gasteiger partial charge >= 0.3 is 0 Å². The highest BCUT2D eigenvalue weighted by Gasteiger charge is 2.29. The third kappa shape index (κ3) is 3.69. The molecular weight excluding hydrogens is 431 g/mol. The molecule has 1 amide bonds. The molecular formula is C23H19FN4O3S. The summed E-state index contributed by atoms with van der Waals surface area (Å²) >= 11 is 0. The second-order valence-electron chi connectivity index (χ2n) is 7.94. The van der Waals surface area contributed by atoms with Gasteiger partial charge in [0.05, 0.1) is 29.7 Å². The Morgan fingerprint density at radius 3 is 2.84 bits per heavy atom. The van der Waals surface area contributed by atoms with Crippen molar-refractivity contribution in [1.82, 2.24) is 14.9 Å². The number of benzene rings is 2. The van der Waals surface area contributed by atoms with Crippen LogP contribution in [0.2, 0.25) is 0 Å². The lowest BCUT2D eigenvalue weighted by molar-refractivity contribution is 0.0745. The van der Waals surface area contributed by atoms with Gasteiger partial charge in [-0.05, 0) is 35.7 Å². The Labute approximate surface area is 183 Å². The van der Waals surface area contributed by atoms with Gasteiger partial charge < -0.3 is 4.90 Å². The Balaban J connectivity index is 1.41. The summed E-state index contributed by atoms with van der Waals surface area (Å²) in [5, 5.41) is 1.75. The molecule has 1 aromatic heterocycles. The maximum atomic E-state index is 14.6. The smallest absolute Gasteiger partial charge is 0.257 e. The van der Waals surface area contributed by atoms with Gasteiger partial charge in [-0.2, -0.15) is 0 Å². The summed E-state index contributed by atoms with van der Waals surface area (Å²) in [6.07, 6.45) is 5.06. The number of rotatable bonds is 4. The van der Waals surface area contributed by atoms with Gasteiger partial charge in [-0.25, -0.2) is 22.8 Å². The van der Waals surface area contributed by atoms with Gasteiger partial charge in [0.1, 0.15) is 5.82 Å².